The fourth-order valence-corrected chi connectivity index (χ4v) is 2.79. The molecule has 1 aromatic rings. The molecule has 1 aliphatic heterocycles. The Morgan fingerprint density at radius 1 is 1.50 bits per heavy atom. The highest BCUT2D eigenvalue weighted by molar-refractivity contribution is 5.66. The molecule has 1 atom stereocenters. The molecule has 5 heteroatoms. The average Bonchev–Trinajstić information content (AvgIpc) is 2.46. The van der Waals surface area contributed by atoms with E-state index in [1.54, 1.807) is 6.33 Å². The van der Waals surface area contributed by atoms with Gasteiger partial charge in [0.1, 0.15) is 12.1 Å². The molecular weight excluding hydrogens is 254 g/mol. The second-order valence-corrected chi connectivity index (χ2v) is 5.50. The van der Waals surface area contributed by atoms with E-state index < -0.39 is 5.97 Å². The Bertz CT molecular complexity index is 450. The number of carboxylic acid groups (broad SMARTS) is 1. The molecule has 1 aliphatic rings. The molecule has 20 heavy (non-hydrogen) atoms. The summed E-state index contributed by atoms with van der Waals surface area (Å²) in [5, 5.41) is 8.79. The van der Waals surface area contributed by atoms with Gasteiger partial charge in [-0.05, 0) is 31.6 Å². The Balaban J connectivity index is 1.97. The number of rotatable bonds is 6. The summed E-state index contributed by atoms with van der Waals surface area (Å²) in [5.41, 5.74) is 1.09. The summed E-state index contributed by atoms with van der Waals surface area (Å²) in [7, 11) is 0. The molecule has 0 amide bonds. The third-order valence-electron chi connectivity index (χ3n) is 3.82. The third kappa shape index (κ3) is 4.18. The molecule has 2 rings (SSSR count). The molecular formula is C15H23N3O2. The first-order valence-corrected chi connectivity index (χ1v) is 7.46. The first-order valence-electron chi connectivity index (χ1n) is 7.46. The summed E-state index contributed by atoms with van der Waals surface area (Å²) >= 11 is 0. The van der Waals surface area contributed by atoms with Gasteiger partial charge in [0.2, 0.25) is 0 Å². The average molecular weight is 277 g/mol. The zero-order chi connectivity index (χ0) is 14.4. The molecule has 1 N–H and O–H groups in total. The van der Waals surface area contributed by atoms with Crippen LogP contribution in [-0.4, -0.2) is 34.1 Å². The van der Waals surface area contributed by atoms with Crippen molar-refractivity contribution in [2.24, 2.45) is 5.92 Å². The van der Waals surface area contributed by atoms with E-state index in [0.717, 1.165) is 56.7 Å². The van der Waals surface area contributed by atoms with Gasteiger partial charge in [0.15, 0.2) is 0 Å². The van der Waals surface area contributed by atoms with E-state index in [-0.39, 0.29) is 6.42 Å². The van der Waals surface area contributed by atoms with Crippen LogP contribution in [-0.2, 0) is 11.2 Å². The highest BCUT2D eigenvalue weighted by Gasteiger charge is 2.21. The van der Waals surface area contributed by atoms with Gasteiger partial charge in [0, 0.05) is 31.3 Å². The van der Waals surface area contributed by atoms with Crippen LogP contribution in [0.25, 0.3) is 0 Å². The number of aliphatic carboxylic acids is 1. The van der Waals surface area contributed by atoms with E-state index in [4.69, 9.17) is 5.11 Å². The molecule has 1 aromatic heterocycles. The maximum Gasteiger partial charge on any atom is 0.303 e. The predicted octanol–water partition coefficient (Wildman–Crippen LogP) is 2.51. The number of aromatic nitrogens is 2. The van der Waals surface area contributed by atoms with Crippen molar-refractivity contribution < 1.29 is 9.90 Å². The molecule has 1 saturated heterocycles. The van der Waals surface area contributed by atoms with Crippen LogP contribution in [0.5, 0.6) is 0 Å². The van der Waals surface area contributed by atoms with Crippen molar-refractivity contribution in [1.29, 1.82) is 0 Å². The first kappa shape index (κ1) is 14.8. The Labute approximate surface area is 120 Å². The van der Waals surface area contributed by atoms with Gasteiger partial charge in [0.05, 0.1) is 0 Å². The molecule has 2 heterocycles. The number of carbonyl (C=O) groups is 1. The lowest BCUT2D eigenvalue weighted by molar-refractivity contribution is -0.137. The Hall–Kier alpha value is -1.65. The smallest absolute Gasteiger partial charge is 0.303 e. The summed E-state index contributed by atoms with van der Waals surface area (Å²) < 4.78 is 0. The molecule has 0 radical (unpaired) electrons. The molecule has 0 saturated carbocycles. The topological polar surface area (TPSA) is 66.3 Å². The molecule has 1 unspecified atom stereocenters. The lowest BCUT2D eigenvalue weighted by atomic mass is 9.93. The molecule has 0 spiro atoms. The zero-order valence-corrected chi connectivity index (χ0v) is 12.1. The van der Waals surface area contributed by atoms with E-state index in [0.29, 0.717) is 5.92 Å². The second kappa shape index (κ2) is 7.22. The number of anilines is 1. The van der Waals surface area contributed by atoms with Crippen molar-refractivity contribution in [3.63, 3.8) is 0 Å². The van der Waals surface area contributed by atoms with Crippen molar-refractivity contribution in [2.45, 2.75) is 45.4 Å². The molecule has 1 fully saturated rings. The van der Waals surface area contributed by atoms with Crippen molar-refractivity contribution in [2.75, 3.05) is 18.0 Å². The van der Waals surface area contributed by atoms with Crippen molar-refractivity contribution in [1.82, 2.24) is 9.97 Å². The van der Waals surface area contributed by atoms with Crippen LogP contribution in [0.4, 0.5) is 5.82 Å². The van der Waals surface area contributed by atoms with Crippen LogP contribution in [0, 0.1) is 5.92 Å². The minimum Gasteiger partial charge on any atom is -0.481 e. The molecule has 0 aliphatic carbocycles. The van der Waals surface area contributed by atoms with Gasteiger partial charge in [-0.15, -0.1) is 0 Å². The lowest BCUT2D eigenvalue weighted by Crippen LogP contribution is -2.36. The number of piperidine rings is 1. The summed E-state index contributed by atoms with van der Waals surface area (Å²) in [6.45, 7) is 4.06. The highest BCUT2D eigenvalue weighted by Crippen LogP contribution is 2.24. The lowest BCUT2D eigenvalue weighted by Gasteiger charge is -2.33. The fraction of sp³-hybridized carbons (Fsp3) is 0.667. The fourth-order valence-electron chi connectivity index (χ4n) is 2.79. The maximum atomic E-state index is 10.7. The second-order valence-electron chi connectivity index (χ2n) is 5.50. The molecule has 0 bridgehead atoms. The van der Waals surface area contributed by atoms with Crippen molar-refractivity contribution in [3.05, 3.63) is 18.1 Å². The van der Waals surface area contributed by atoms with Gasteiger partial charge in [0.25, 0.3) is 0 Å². The number of hydrogen-bond acceptors (Lipinski definition) is 4. The first-order chi connectivity index (χ1) is 9.69. The Morgan fingerprint density at radius 3 is 3.10 bits per heavy atom. The largest absolute Gasteiger partial charge is 0.481 e. The van der Waals surface area contributed by atoms with Gasteiger partial charge >= 0.3 is 5.97 Å². The minimum atomic E-state index is -0.700. The van der Waals surface area contributed by atoms with Crippen LogP contribution in [0.15, 0.2) is 12.4 Å². The van der Waals surface area contributed by atoms with Gasteiger partial charge in [-0.25, -0.2) is 9.97 Å². The third-order valence-corrected chi connectivity index (χ3v) is 3.82. The van der Waals surface area contributed by atoms with Crippen molar-refractivity contribution in [3.8, 4) is 0 Å². The van der Waals surface area contributed by atoms with Gasteiger partial charge < -0.3 is 10.0 Å². The number of nitrogens with zero attached hydrogens (tertiary/aromatic N) is 3. The standard InChI is InChI=1S/C15H23N3O2/c1-2-4-13-9-14(17-11-16-13)18-8-3-5-12(10-18)6-7-15(19)20/h9,11-12H,2-8,10H2,1H3,(H,19,20). The van der Waals surface area contributed by atoms with Gasteiger partial charge in [-0.2, -0.15) is 0 Å². The normalized spacial score (nSPS) is 19.1. The quantitative estimate of drug-likeness (QED) is 0.865. The minimum absolute atomic E-state index is 0.267. The summed E-state index contributed by atoms with van der Waals surface area (Å²) in [5.74, 6) is 0.752. The van der Waals surface area contributed by atoms with E-state index in [1.165, 1.54) is 0 Å². The summed E-state index contributed by atoms with van der Waals surface area (Å²) in [6, 6.07) is 2.07. The Kier molecular flexibility index (Phi) is 5.32. The van der Waals surface area contributed by atoms with E-state index in [1.807, 2.05) is 0 Å². The molecule has 5 nitrogen and oxygen atoms in total. The SMILES string of the molecule is CCCc1cc(N2CCCC(CCC(=O)O)C2)ncn1. The molecule has 0 aromatic carbocycles. The number of carboxylic acids is 1. The van der Waals surface area contributed by atoms with Gasteiger partial charge in [-0.3, -0.25) is 4.79 Å². The Morgan fingerprint density at radius 2 is 2.35 bits per heavy atom. The van der Waals surface area contributed by atoms with Crippen LogP contribution in [0.3, 0.4) is 0 Å². The van der Waals surface area contributed by atoms with Crippen LogP contribution in [0.1, 0.15) is 44.7 Å². The van der Waals surface area contributed by atoms with Crippen molar-refractivity contribution >= 4 is 11.8 Å². The number of hydrogen-bond donors (Lipinski definition) is 1. The highest BCUT2D eigenvalue weighted by atomic mass is 16.4. The maximum absolute atomic E-state index is 10.7. The zero-order valence-electron chi connectivity index (χ0n) is 12.1. The van der Waals surface area contributed by atoms with Crippen LogP contribution in [0.2, 0.25) is 0 Å². The summed E-state index contributed by atoms with van der Waals surface area (Å²) in [6.07, 6.45) is 6.96. The van der Waals surface area contributed by atoms with Gasteiger partial charge in [-0.1, -0.05) is 13.3 Å². The van der Waals surface area contributed by atoms with Crippen LogP contribution >= 0.6 is 0 Å². The number of aryl methyl sites for hydroxylation is 1. The molecule has 110 valence electrons. The van der Waals surface area contributed by atoms with E-state index in [9.17, 15) is 4.79 Å². The summed E-state index contributed by atoms with van der Waals surface area (Å²) in [4.78, 5) is 21.6. The van der Waals surface area contributed by atoms with E-state index in [2.05, 4.69) is 27.9 Å². The monoisotopic (exact) mass is 277 g/mol. The van der Waals surface area contributed by atoms with Crippen LogP contribution < -0.4 is 4.90 Å². The van der Waals surface area contributed by atoms with E-state index >= 15 is 0 Å². The predicted molar refractivity (Wildman–Crippen MR) is 77.8 cm³/mol.